The van der Waals surface area contributed by atoms with Crippen LogP contribution in [-0.2, 0) is 5.41 Å². The number of hydrogen-bond acceptors (Lipinski definition) is 3. The Morgan fingerprint density at radius 2 is 0.923 bits per heavy atom. The van der Waals surface area contributed by atoms with Crippen LogP contribution in [0.25, 0.3) is 55.0 Å². The summed E-state index contributed by atoms with van der Waals surface area (Å²) in [7, 11) is 0. The normalized spacial score (nSPS) is 13.2. The summed E-state index contributed by atoms with van der Waals surface area (Å²) in [5, 5.41) is 4.35. The molecule has 244 valence electrons. The fourth-order valence-corrected chi connectivity index (χ4v) is 8.79. The zero-order valence-corrected chi connectivity index (χ0v) is 28.2. The summed E-state index contributed by atoms with van der Waals surface area (Å²) in [4.78, 5) is 2.40. The van der Waals surface area contributed by atoms with Crippen molar-refractivity contribution in [2.45, 2.75) is 5.41 Å². The Labute approximate surface area is 300 Å². The molecule has 3 nitrogen and oxygen atoms in total. The zero-order chi connectivity index (χ0) is 34.2. The molecule has 0 saturated carbocycles. The molecule has 0 atom stereocenters. The Morgan fingerprint density at radius 1 is 0.365 bits per heavy atom. The van der Waals surface area contributed by atoms with Crippen molar-refractivity contribution in [3.63, 3.8) is 0 Å². The van der Waals surface area contributed by atoms with Crippen LogP contribution in [0.15, 0.2) is 197 Å². The van der Waals surface area contributed by atoms with Crippen molar-refractivity contribution >= 4 is 60.9 Å². The predicted octanol–water partition coefficient (Wildman–Crippen LogP) is 13.3. The average Bonchev–Trinajstić information content (AvgIpc) is 3.87. The fourth-order valence-electron chi connectivity index (χ4n) is 8.79. The largest absolute Gasteiger partial charge is 0.456 e. The molecule has 3 heteroatoms. The molecule has 11 rings (SSSR count). The standard InChI is InChI=1S/C49H31NO2/c1-3-14-32(15-4-1)49(33-16-5-2-6-17-33)41-21-10-7-18-36(41)37-28-26-35(31-42(37)49)50(34-27-29-46-40(30-34)38-19-8-11-23-44(38)51-46)43-22-13-25-47-48(43)39-20-9-12-24-45(39)52-47/h1-31H. The molecule has 0 N–H and O–H groups in total. The number of furan rings is 2. The highest BCUT2D eigenvalue weighted by atomic mass is 16.3. The van der Waals surface area contributed by atoms with Gasteiger partial charge in [-0.15, -0.1) is 0 Å². The van der Waals surface area contributed by atoms with Crippen molar-refractivity contribution < 1.29 is 8.83 Å². The lowest BCUT2D eigenvalue weighted by Crippen LogP contribution is -2.28. The molecule has 0 bridgehead atoms. The van der Waals surface area contributed by atoms with Crippen molar-refractivity contribution in [2.75, 3.05) is 4.90 Å². The van der Waals surface area contributed by atoms with E-state index in [1.807, 2.05) is 24.3 Å². The van der Waals surface area contributed by atoms with Gasteiger partial charge in [-0.2, -0.15) is 0 Å². The second-order valence-corrected chi connectivity index (χ2v) is 13.6. The summed E-state index contributed by atoms with van der Waals surface area (Å²) in [5.74, 6) is 0. The second kappa shape index (κ2) is 11.1. The molecule has 52 heavy (non-hydrogen) atoms. The number of fused-ring (bicyclic) bond motifs is 9. The summed E-state index contributed by atoms with van der Waals surface area (Å²) in [6, 6.07) is 67.4. The highest BCUT2D eigenvalue weighted by Gasteiger charge is 2.46. The lowest BCUT2D eigenvalue weighted by atomic mass is 9.67. The maximum atomic E-state index is 6.45. The Hall–Kier alpha value is -6.84. The van der Waals surface area contributed by atoms with Crippen LogP contribution in [0.3, 0.4) is 0 Å². The van der Waals surface area contributed by atoms with Crippen LogP contribution >= 0.6 is 0 Å². The quantitative estimate of drug-likeness (QED) is 0.183. The van der Waals surface area contributed by atoms with E-state index in [-0.39, 0.29) is 0 Å². The molecule has 2 aromatic heterocycles. The van der Waals surface area contributed by atoms with E-state index in [0.717, 1.165) is 60.9 Å². The molecule has 0 fully saturated rings. The van der Waals surface area contributed by atoms with E-state index >= 15 is 0 Å². The molecule has 8 aromatic carbocycles. The highest BCUT2D eigenvalue weighted by Crippen LogP contribution is 2.57. The van der Waals surface area contributed by atoms with Crippen LogP contribution < -0.4 is 4.90 Å². The third-order valence-corrected chi connectivity index (χ3v) is 10.9. The first-order valence-electron chi connectivity index (χ1n) is 17.8. The van der Waals surface area contributed by atoms with Crippen LogP contribution in [0.1, 0.15) is 22.3 Å². The van der Waals surface area contributed by atoms with Gasteiger partial charge in [-0.25, -0.2) is 0 Å². The molecular formula is C49H31NO2. The molecule has 0 aliphatic heterocycles. The summed E-state index contributed by atoms with van der Waals surface area (Å²) >= 11 is 0. The van der Waals surface area contributed by atoms with E-state index in [1.165, 1.54) is 33.4 Å². The number of benzene rings is 8. The summed E-state index contributed by atoms with van der Waals surface area (Å²) in [6.45, 7) is 0. The van der Waals surface area contributed by atoms with Crippen molar-refractivity contribution in [3.8, 4) is 11.1 Å². The molecule has 1 aliphatic rings. The first kappa shape index (κ1) is 28.9. The van der Waals surface area contributed by atoms with Crippen molar-refractivity contribution in [1.82, 2.24) is 0 Å². The first-order valence-corrected chi connectivity index (χ1v) is 17.8. The first-order chi connectivity index (χ1) is 25.8. The third kappa shape index (κ3) is 4.02. The van der Waals surface area contributed by atoms with Gasteiger partial charge in [0.2, 0.25) is 0 Å². The summed E-state index contributed by atoms with van der Waals surface area (Å²) in [5.41, 5.74) is 13.7. The molecule has 0 saturated heterocycles. The number of rotatable bonds is 5. The molecule has 0 spiro atoms. The molecule has 0 amide bonds. The molecule has 0 unspecified atom stereocenters. The topological polar surface area (TPSA) is 29.5 Å². The Kier molecular flexibility index (Phi) is 6.17. The third-order valence-electron chi connectivity index (χ3n) is 10.9. The maximum absolute atomic E-state index is 6.45. The molecular weight excluding hydrogens is 635 g/mol. The van der Waals surface area contributed by atoms with Crippen LogP contribution in [0.4, 0.5) is 17.1 Å². The Bertz CT molecular complexity index is 2930. The van der Waals surface area contributed by atoms with Crippen molar-refractivity contribution in [1.29, 1.82) is 0 Å². The predicted molar refractivity (Wildman–Crippen MR) is 213 cm³/mol. The van der Waals surface area contributed by atoms with Gasteiger partial charge in [-0.05, 0) is 88.0 Å². The van der Waals surface area contributed by atoms with Gasteiger partial charge in [0.15, 0.2) is 0 Å². The van der Waals surface area contributed by atoms with Gasteiger partial charge in [0.05, 0.1) is 16.5 Å². The van der Waals surface area contributed by atoms with E-state index in [0.29, 0.717) is 0 Å². The van der Waals surface area contributed by atoms with Crippen molar-refractivity contribution in [2.24, 2.45) is 0 Å². The number of nitrogens with zero attached hydrogens (tertiary/aromatic N) is 1. The zero-order valence-electron chi connectivity index (χ0n) is 28.2. The van der Waals surface area contributed by atoms with Gasteiger partial charge in [-0.1, -0.05) is 133 Å². The van der Waals surface area contributed by atoms with E-state index in [4.69, 9.17) is 8.83 Å². The van der Waals surface area contributed by atoms with Gasteiger partial charge in [0.25, 0.3) is 0 Å². The van der Waals surface area contributed by atoms with Crippen LogP contribution in [0.5, 0.6) is 0 Å². The van der Waals surface area contributed by atoms with E-state index < -0.39 is 5.41 Å². The SMILES string of the molecule is c1ccc(C2(c3ccccc3)c3ccccc3-c3ccc(N(c4ccc5oc6ccccc6c5c4)c4cccc5oc6ccccc6c45)cc32)cc1. The number of anilines is 3. The molecule has 2 heterocycles. The number of para-hydroxylation sites is 2. The average molecular weight is 666 g/mol. The fraction of sp³-hybridized carbons (Fsp3) is 0.0204. The van der Waals surface area contributed by atoms with Gasteiger partial charge < -0.3 is 13.7 Å². The van der Waals surface area contributed by atoms with Gasteiger partial charge in [-0.3, -0.25) is 0 Å². The second-order valence-electron chi connectivity index (χ2n) is 13.6. The monoisotopic (exact) mass is 665 g/mol. The van der Waals surface area contributed by atoms with E-state index in [1.54, 1.807) is 0 Å². The molecule has 10 aromatic rings. The Morgan fingerprint density at radius 3 is 1.71 bits per heavy atom. The molecule has 1 aliphatic carbocycles. The lowest BCUT2D eigenvalue weighted by molar-refractivity contribution is 0.668. The highest BCUT2D eigenvalue weighted by molar-refractivity contribution is 6.14. The van der Waals surface area contributed by atoms with Crippen molar-refractivity contribution in [3.05, 3.63) is 210 Å². The summed E-state index contributed by atoms with van der Waals surface area (Å²) in [6.07, 6.45) is 0. The Balaban J connectivity index is 1.24. The minimum atomic E-state index is -0.519. The molecule has 0 radical (unpaired) electrons. The minimum absolute atomic E-state index is 0.519. The van der Waals surface area contributed by atoms with E-state index in [2.05, 4.69) is 169 Å². The maximum Gasteiger partial charge on any atom is 0.137 e. The summed E-state index contributed by atoms with van der Waals surface area (Å²) < 4.78 is 12.8. The minimum Gasteiger partial charge on any atom is -0.456 e. The number of hydrogen-bond donors (Lipinski definition) is 0. The van der Waals surface area contributed by atoms with Crippen LogP contribution in [0.2, 0.25) is 0 Å². The van der Waals surface area contributed by atoms with Gasteiger partial charge >= 0.3 is 0 Å². The van der Waals surface area contributed by atoms with Crippen LogP contribution in [0, 0.1) is 0 Å². The van der Waals surface area contributed by atoms with Gasteiger partial charge in [0, 0.05) is 27.5 Å². The van der Waals surface area contributed by atoms with Crippen LogP contribution in [-0.4, -0.2) is 0 Å². The lowest BCUT2D eigenvalue weighted by Gasteiger charge is -2.35. The van der Waals surface area contributed by atoms with E-state index in [9.17, 15) is 0 Å². The van der Waals surface area contributed by atoms with Gasteiger partial charge in [0.1, 0.15) is 22.3 Å². The smallest absolute Gasteiger partial charge is 0.137 e.